The highest BCUT2D eigenvalue weighted by Crippen LogP contribution is 2.43. The molecule has 0 radical (unpaired) electrons. The summed E-state index contributed by atoms with van der Waals surface area (Å²) in [6, 6.07) is 52.1. The van der Waals surface area contributed by atoms with E-state index in [1.807, 2.05) is 60.7 Å². The molecule has 0 saturated heterocycles. The molecule has 0 N–H and O–H groups in total. The van der Waals surface area contributed by atoms with Crippen LogP contribution in [-0.2, 0) is 9.98 Å². The summed E-state index contributed by atoms with van der Waals surface area (Å²) >= 11 is 0. The van der Waals surface area contributed by atoms with Gasteiger partial charge in [0, 0.05) is 32.7 Å². The minimum atomic E-state index is -3.11. The van der Waals surface area contributed by atoms with Crippen molar-refractivity contribution in [2.75, 3.05) is 0 Å². The Morgan fingerprint density at radius 3 is 1.71 bits per heavy atom. The molecule has 7 rings (SSSR count). The summed E-state index contributed by atoms with van der Waals surface area (Å²) in [4.78, 5) is 5.32. The fourth-order valence-corrected chi connectivity index (χ4v) is 9.11. The molecule has 1 atom stereocenters. The van der Waals surface area contributed by atoms with Crippen LogP contribution >= 0.6 is 7.14 Å². The van der Waals surface area contributed by atoms with E-state index in [4.69, 9.17) is 4.98 Å². The Labute approximate surface area is 284 Å². The quantitative estimate of drug-likeness (QED) is 0.162. The largest absolute Gasteiger partial charge is 0.309 e. The fourth-order valence-electron chi connectivity index (χ4n) is 6.49. The molecule has 0 aliphatic carbocycles. The average Bonchev–Trinajstić information content (AvgIpc) is 3.52. The lowest BCUT2D eigenvalue weighted by atomic mass is 9.87. The summed E-state index contributed by atoms with van der Waals surface area (Å²) in [6.45, 7) is 11.1. The monoisotopic (exact) mass is 644 g/mol. The Morgan fingerprint density at radius 1 is 0.583 bits per heavy atom. The zero-order valence-corrected chi connectivity index (χ0v) is 29.2. The minimum absolute atomic E-state index is 0.0689. The Balaban J connectivity index is 1.35. The molecule has 6 aromatic carbocycles. The Bertz CT molecular complexity index is 2230. The second-order valence-corrected chi connectivity index (χ2v) is 16.6. The molecular weight excluding hydrogens is 603 g/mol. The predicted octanol–water partition coefficient (Wildman–Crippen LogP) is 10.4. The first-order valence-electron chi connectivity index (χ1n) is 16.7. The third-order valence-corrected chi connectivity index (χ3v) is 12.4. The van der Waals surface area contributed by atoms with Crippen molar-refractivity contribution in [1.82, 2.24) is 9.55 Å². The van der Waals surface area contributed by atoms with Gasteiger partial charge in [-0.3, -0.25) is 4.57 Å². The van der Waals surface area contributed by atoms with Crippen molar-refractivity contribution in [3.05, 3.63) is 163 Å². The van der Waals surface area contributed by atoms with Gasteiger partial charge in [0.2, 0.25) is 0 Å². The van der Waals surface area contributed by atoms with E-state index in [1.54, 1.807) is 0 Å². The molecule has 0 fully saturated rings. The Morgan fingerprint density at radius 2 is 1.12 bits per heavy atom. The number of para-hydroxylation sites is 2. The van der Waals surface area contributed by atoms with Crippen LogP contribution in [0.15, 0.2) is 152 Å². The molecule has 0 bridgehead atoms. The molecule has 0 saturated carbocycles. The van der Waals surface area contributed by atoms with Crippen LogP contribution in [0.3, 0.4) is 0 Å². The van der Waals surface area contributed by atoms with E-state index >= 15 is 4.57 Å². The lowest BCUT2D eigenvalue weighted by Crippen LogP contribution is -2.25. The van der Waals surface area contributed by atoms with Crippen molar-refractivity contribution in [3.63, 3.8) is 0 Å². The zero-order valence-electron chi connectivity index (χ0n) is 28.3. The zero-order chi connectivity index (χ0) is 33.5. The van der Waals surface area contributed by atoms with E-state index in [-0.39, 0.29) is 5.41 Å². The molecule has 0 spiro atoms. The number of imidazole rings is 1. The van der Waals surface area contributed by atoms with Crippen LogP contribution in [0.2, 0.25) is 0 Å². The summed E-state index contributed by atoms with van der Waals surface area (Å²) in [6.07, 6.45) is 0. The molecule has 0 aliphatic heterocycles. The first-order chi connectivity index (χ1) is 23.1. The predicted molar refractivity (Wildman–Crippen MR) is 204 cm³/mol. The second kappa shape index (κ2) is 12.6. The summed E-state index contributed by atoms with van der Waals surface area (Å²) in [5.41, 5.74) is 8.77. The highest BCUT2D eigenvalue weighted by molar-refractivity contribution is 7.85. The lowest BCUT2D eigenvalue weighted by Gasteiger charge is -2.21. The van der Waals surface area contributed by atoms with Crippen LogP contribution in [-0.4, -0.2) is 9.55 Å². The van der Waals surface area contributed by atoms with Gasteiger partial charge in [0.25, 0.3) is 0 Å². The smallest absolute Gasteiger partial charge is 0.171 e. The van der Waals surface area contributed by atoms with E-state index in [9.17, 15) is 0 Å². The molecule has 238 valence electrons. The lowest BCUT2D eigenvalue weighted by molar-refractivity contribution is 0.590. The van der Waals surface area contributed by atoms with E-state index in [0.717, 1.165) is 55.1 Å². The minimum Gasteiger partial charge on any atom is -0.309 e. The van der Waals surface area contributed by atoms with E-state index in [2.05, 4.69) is 130 Å². The number of aromatic nitrogens is 2. The average molecular weight is 645 g/mol. The first-order valence-corrected chi connectivity index (χ1v) is 18.4. The second-order valence-electron chi connectivity index (χ2n) is 13.8. The van der Waals surface area contributed by atoms with E-state index in [0.29, 0.717) is 5.92 Å². The standard InChI is InChI=1S/C44H41N2OP/c1-31(2)32-21-27-38(28-22-32)48(47,37-15-10-7-11-16-37)39-29-23-33(24-30-39)40-17-12-18-41-42(40)45-43(46(41)36-13-8-6-9-14-36)34-19-25-35(26-20-34)44(3,4)5/h6-31H,1-5H3. The highest BCUT2D eigenvalue weighted by Gasteiger charge is 2.30. The summed E-state index contributed by atoms with van der Waals surface area (Å²) in [5.74, 6) is 1.31. The SMILES string of the molecule is CC(C)c1ccc(P(=O)(c2ccccc2)c2ccc(-c3cccc4c3nc(-c3ccc(C(C)(C)C)cc3)n4-c3ccccc3)cc2)cc1. The summed E-state index contributed by atoms with van der Waals surface area (Å²) < 4.78 is 17.4. The molecule has 1 heterocycles. The molecule has 7 aromatic rings. The first kappa shape index (κ1) is 31.6. The molecule has 48 heavy (non-hydrogen) atoms. The van der Waals surface area contributed by atoms with Crippen molar-refractivity contribution in [2.45, 2.75) is 46.0 Å². The van der Waals surface area contributed by atoms with Gasteiger partial charge in [0.1, 0.15) is 5.82 Å². The molecule has 0 amide bonds. The third-order valence-electron chi connectivity index (χ3n) is 9.29. The maximum Gasteiger partial charge on any atom is 0.171 e. The summed E-state index contributed by atoms with van der Waals surface area (Å²) in [7, 11) is -3.11. The third kappa shape index (κ3) is 5.74. The molecule has 3 nitrogen and oxygen atoms in total. The number of hydrogen-bond donors (Lipinski definition) is 0. The van der Waals surface area contributed by atoms with E-state index < -0.39 is 7.14 Å². The Kier molecular flexibility index (Phi) is 8.27. The molecule has 0 aliphatic rings. The normalized spacial score (nSPS) is 13.1. The maximum absolute atomic E-state index is 15.2. The fraction of sp³-hybridized carbons (Fsp3) is 0.159. The van der Waals surface area contributed by atoms with Crippen LogP contribution in [0.4, 0.5) is 0 Å². The number of rotatable bonds is 7. The molecule has 4 heteroatoms. The van der Waals surface area contributed by atoms with Gasteiger partial charge in [0.15, 0.2) is 7.14 Å². The number of nitrogens with zero attached hydrogens (tertiary/aromatic N) is 2. The van der Waals surface area contributed by atoms with Gasteiger partial charge in [-0.05, 0) is 46.2 Å². The maximum atomic E-state index is 15.2. The van der Waals surface area contributed by atoms with Crippen molar-refractivity contribution < 1.29 is 4.57 Å². The van der Waals surface area contributed by atoms with Crippen LogP contribution in [0.25, 0.3) is 39.2 Å². The van der Waals surface area contributed by atoms with E-state index in [1.165, 1.54) is 11.1 Å². The van der Waals surface area contributed by atoms with Gasteiger partial charge >= 0.3 is 0 Å². The van der Waals surface area contributed by atoms with Gasteiger partial charge in [0.05, 0.1) is 11.0 Å². The van der Waals surface area contributed by atoms with Crippen LogP contribution in [0.5, 0.6) is 0 Å². The van der Waals surface area contributed by atoms with Crippen LogP contribution in [0.1, 0.15) is 51.7 Å². The van der Waals surface area contributed by atoms with Crippen molar-refractivity contribution in [2.24, 2.45) is 0 Å². The van der Waals surface area contributed by atoms with Gasteiger partial charge in [-0.25, -0.2) is 4.98 Å². The van der Waals surface area contributed by atoms with Crippen LogP contribution < -0.4 is 15.9 Å². The highest BCUT2D eigenvalue weighted by atomic mass is 31.2. The number of benzene rings is 6. The van der Waals surface area contributed by atoms with Crippen molar-refractivity contribution in [1.29, 1.82) is 0 Å². The van der Waals surface area contributed by atoms with Crippen LogP contribution in [0, 0.1) is 0 Å². The van der Waals surface area contributed by atoms with Gasteiger partial charge in [-0.1, -0.05) is 168 Å². The topological polar surface area (TPSA) is 34.9 Å². The molecule has 1 aromatic heterocycles. The van der Waals surface area contributed by atoms with Crippen molar-refractivity contribution in [3.8, 4) is 28.2 Å². The number of hydrogen-bond acceptors (Lipinski definition) is 2. The van der Waals surface area contributed by atoms with Gasteiger partial charge < -0.3 is 4.57 Å². The molecular formula is C44H41N2OP. The summed E-state index contributed by atoms with van der Waals surface area (Å²) in [5, 5.41) is 2.49. The Hall–Kier alpha value is -4.98. The van der Waals surface area contributed by atoms with Crippen molar-refractivity contribution >= 4 is 34.1 Å². The van der Waals surface area contributed by atoms with Gasteiger partial charge in [-0.2, -0.15) is 0 Å². The van der Waals surface area contributed by atoms with Gasteiger partial charge in [-0.15, -0.1) is 0 Å². The molecule has 1 unspecified atom stereocenters. The number of fused-ring (bicyclic) bond motifs is 1.